The van der Waals surface area contributed by atoms with E-state index in [1.807, 2.05) is 51.1 Å². The van der Waals surface area contributed by atoms with Gasteiger partial charge in [-0.2, -0.15) is 0 Å². The molecule has 5 heteroatoms. The number of rotatable bonds is 3. The highest BCUT2D eigenvalue weighted by molar-refractivity contribution is 5.95. The molecule has 0 aliphatic heterocycles. The van der Waals surface area contributed by atoms with Gasteiger partial charge in [0.2, 0.25) is 5.91 Å². The van der Waals surface area contributed by atoms with Crippen LogP contribution in [0.15, 0.2) is 48.7 Å². The topological polar surface area (TPSA) is 71.1 Å². The van der Waals surface area contributed by atoms with Gasteiger partial charge in [-0.15, -0.1) is 0 Å². The Hall–Kier alpha value is -2.69. The van der Waals surface area contributed by atoms with Crippen molar-refractivity contribution in [1.82, 2.24) is 15.8 Å². The average Bonchev–Trinajstić information content (AvgIpc) is 2.53. The van der Waals surface area contributed by atoms with Crippen molar-refractivity contribution in [2.24, 2.45) is 0 Å². The van der Waals surface area contributed by atoms with Crippen molar-refractivity contribution in [3.63, 3.8) is 0 Å². The fraction of sp³-hybridized carbons (Fsp3) is 0.278. The first-order valence-corrected chi connectivity index (χ1v) is 7.46. The molecule has 120 valence electrons. The summed E-state index contributed by atoms with van der Waals surface area (Å²) in [5, 5.41) is 0. The summed E-state index contributed by atoms with van der Waals surface area (Å²) < 4.78 is 0. The van der Waals surface area contributed by atoms with Crippen molar-refractivity contribution in [3.8, 4) is 0 Å². The van der Waals surface area contributed by atoms with E-state index in [1.165, 1.54) is 0 Å². The molecule has 2 N–H and O–H groups in total. The van der Waals surface area contributed by atoms with E-state index in [-0.39, 0.29) is 23.7 Å². The molecule has 23 heavy (non-hydrogen) atoms. The van der Waals surface area contributed by atoms with E-state index in [2.05, 4.69) is 15.8 Å². The minimum atomic E-state index is -0.362. The zero-order valence-corrected chi connectivity index (χ0v) is 13.6. The van der Waals surface area contributed by atoms with Crippen molar-refractivity contribution in [3.05, 3.63) is 65.5 Å². The van der Waals surface area contributed by atoms with Gasteiger partial charge in [0.15, 0.2) is 0 Å². The second kappa shape index (κ2) is 7.05. The van der Waals surface area contributed by atoms with Gasteiger partial charge in [0.25, 0.3) is 5.91 Å². The third-order valence-electron chi connectivity index (χ3n) is 3.31. The molecule has 0 saturated heterocycles. The summed E-state index contributed by atoms with van der Waals surface area (Å²) in [5.74, 6) is -0.631. The van der Waals surface area contributed by atoms with Gasteiger partial charge in [-0.3, -0.25) is 25.4 Å². The van der Waals surface area contributed by atoms with E-state index in [0.717, 1.165) is 11.3 Å². The van der Waals surface area contributed by atoms with Crippen LogP contribution in [0, 0.1) is 0 Å². The van der Waals surface area contributed by atoms with E-state index in [9.17, 15) is 9.59 Å². The summed E-state index contributed by atoms with van der Waals surface area (Å²) in [6.45, 7) is 6.08. The number of benzene rings is 1. The van der Waals surface area contributed by atoms with Gasteiger partial charge in [0.05, 0.1) is 6.42 Å². The number of amides is 2. The Morgan fingerprint density at radius 3 is 2.39 bits per heavy atom. The highest BCUT2D eigenvalue weighted by atomic mass is 16.2. The van der Waals surface area contributed by atoms with E-state index >= 15 is 0 Å². The Morgan fingerprint density at radius 1 is 1.04 bits per heavy atom. The van der Waals surface area contributed by atoms with Crippen molar-refractivity contribution in [1.29, 1.82) is 0 Å². The fourth-order valence-corrected chi connectivity index (χ4v) is 2.01. The van der Waals surface area contributed by atoms with Crippen molar-refractivity contribution in [2.45, 2.75) is 32.6 Å². The molecular formula is C18H21N3O2. The number of hydrogen-bond acceptors (Lipinski definition) is 3. The second-order valence-corrected chi connectivity index (χ2v) is 6.34. The van der Waals surface area contributed by atoms with E-state index in [1.54, 1.807) is 18.3 Å². The molecule has 0 bridgehead atoms. The predicted octanol–water partition coefficient (Wildman–Crippen LogP) is 2.38. The largest absolute Gasteiger partial charge is 0.273 e. The van der Waals surface area contributed by atoms with Crippen LogP contribution in [-0.2, 0) is 16.6 Å². The molecule has 5 nitrogen and oxygen atoms in total. The molecule has 1 aromatic carbocycles. The Balaban J connectivity index is 1.93. The minimum absolute atomic E-state index is 0.146. The number of hydrogen-bond donors (Lipinski definition) is 2. The summed E-state index contributed by atoms with van der Waals surface area (Å²) in [6.07, 6.45) is 1.81. The molecule has 0 fully saturated rings. The number of nitrogens with zero attached hydrogens (tertiary/aromatic N) is 1. The Labute approximate surface area is 136 Å². The number of nitrogens with one attached hydrogen (secondary N) is 2. The molecule has 0 aliphatic rings. The number of carbonyl (C=O) groups excluding carboxylic acids is 2. The highest BCUT2D eigenvalue weighted by Crippen LogP contribution is 2.20. The molecule has 0 aliphatic carbocycles. The van der Waals surface area contributed by atoms with E-state index in [0.29, 0.717) is 5.56 Å². The Bertz CT molecular complexity index is 691. The van der Waals surface area contributed by atoms with Crippen LogP contribution in [0.2, 0.25) is 0 Å². The summed E-state index contributed by atoms with van der Waals surface area (Å²) in [6, 6.07) is 12.7. The third kappa shape index (κ3) is 4.92. The molecule has 0 unspecified atom stereocenters. The van der Waals surface area contributed by atoms with Crippen molar-refractivity contribution in [2.75, 3.05) is 0 Å². The standard InChI is InChI=1S/C18H21N3O2/c1-18(2,3)15-12-14(9-10-19-15)17(23)21-20-16(22)11-13-7-5-4-6-8-13/h4-10,12H,11H2,1-3H3,(H,20,22)(H,21,23). The molecule has 0 spiro atoms. The predicted molar refractivity (Wildman–Crippen MR) is 88.7 cm³/mol. The van der Waals surface area contributed by atoms with Crippen molar-refractivity contribution < 1.29 is 9.59 Å². The molecule has 2 rings (SSSR count). The monoisotopic (exact) mass is 311 g/mol. The maximum atomic E-state index is 12.1. The summed E-state index contributed by atoms with van der Waals surface area (Å²) >= 11 is 0. The van der Waals surface area contributed by atoms with Crippen LogP contribution in [-0.4, -0.2) is 16.8 Å². The van der Waals surface area contributed by atoms with Gasteiger partial charge in [-0.25, -0.2) is 0 Å². The molecular weight excluding hydrogens is 290 g/mol. The van der Waals surface area contributed by atoms with Gasteiger partial charge in [0.1, 0.15) is 0 Å². The van der Waals surface area contributed by atoms with E-state index in [4.69, 9.17) is 0 Å². The number of hydrazine groups is 1. The Morgan fingerprint density at radius 2 is 1.74 bits per heavy atom. The molecule has 2 amide bonds. The number of carbonyl (C=O) groups is 2. The van der Waals surface area contributed by atoms with Crippen LogP contribution in [0.4, 0.5) is 0 Å². The van der Waals surface area contributed by atoms with Gasteiger partial charge in [-0.05, 0) is 17.7 Å². The van der Waals surface area contributed by atoms with Gasteiger partial charge >= 0.3 is 0 Å². The highest BCUT2D eigenvalue weighted by Gasteiger charge is 2.17. The van der Waals surface area contributed by atoms with Gasteiger partial charge in [-0.1, -0.05) is 51.1 Å². The summed E-state index contributed by atoms with van der Waals surface area (Å²) in [7, 11) is 0. The lowest BCUT2D eigenvalue weighted by Crippen LogP contribution is -2.42. The number of pyridine rings is 1. The molecule has 1 aromatic heterocycles. The smallest absolute Gasteiger partial charge is 0.269 e. The van der Waals surface area contributed by atoms with E-state index < -0.39 is 0 Å². The van der Waals surface area contributed by atoms with Crippen LogP contribution in [0.1, 0.15) is 42.4 Å². The maximum Gasteiger partial charge on any atom is 0.269 e. The zero-order valence-electron chi connectivity index (χ0n) is 13.6. The fourth-order valence-electron chi connectivity index (χ4n) is 2.01. The second-order valence-electron chi connectivity index (χ2n) is 6.34. The minimum Gasteiger partial charge on any atom is -0.273 e. The normalized spacial score (nSPS) is 10.9. The first kappa shape index (κ1) is 16.7. The summed E-state index contributed by atoms with van der Waals surface area (Å²) in [4.78, 5) is 28.2. The zero-order chi connectivity index (χ0) is 16.9. The summed E-state index contributed by atoms with van der Waals surface area (Å²) in [5.41, 5.74) is 6.88. The SMILES string of the molecule is CC(C)(C)c1cc(C(=O)NNC(=O)Cc2ccccc2)ccn1. The molecule has 0 atom stereocenters. The number of aromatic nitrogens is 1. The maximum absolute atomic E-state index is 12.1. The van der Waals surface area contributed by atoms with Crippen LogP contribution < -0.4 is 10.9 Å². The average molecular weight is 311 g/mol. The molecule has 1 heterocycles. The quantitative estimate of drug-likeness (QED) is 0.855. The lowest BCUT2D eigenvalue weighted by molar-refractivity contribution is -0.121. The van der Waals surface area contributed by atoms with Crippen LogP contribution in [0.25, 0.3) is 0 Å². The molecule has 0 radical (unpaired) electrons. The van der Waals surface area contributed by atoms with Crippen LogP contribution in [0.5, 0.6) is 0 Å². The lowest BCUT2D eigenvalue weighted by atomic mass is 9.91. The first-order chi connectivity index (χ1) is 10.9. The third-order valence-corrected chi connectivity index (χ3v) is 3.31. The van der Waals surface area contributed by atoms with Crippen molar-refractivity contribution >= 4 is 11.8 Å². The molecule has 0 saturated carbocycles. The molecule has 2 aromatic rings. The van der Waals surface area contributed by atoms with Gasteiger partial charge in [0, 0.05) is 22.9 Å². The van der Waals surface area contributed by atoms with Crippen LogP contribution >= 0.6 is 0 Å². The Kier molecular flexibility index (Phi) is 5.11. The van der Waals surface area contributed by atoms with Crippen LogP contribution in [0.3, 0.4) is 0 Å². The first-order valence-electron chi connectivity index (χ1n) is 7.46. The van der Waals surface area contributed by atoms with Gasteiger partial charge < -0.3 is 0 Å². The lowest BCUT2D eigenvalue weighted by Gasteiger charge is -2.18.